The number of carboxylic acids is 1. The molecule has 0 aliphatic carbocycles. The van der Waals surface area contributed by atoms with Crippen molar-refractivity contribution in [2.24, 2.45) is 4.99 Å². The van der Waals surface area contributed by atoms with E-state index in [0.717, 1.165) is 29.7 Å². The molecule has 27 heavy (non-hydrogen) atoms. The molecule has 0 radical (unpaired) electrons. The van der Waals surface area contributed by atoms with Crippen LogP contribution in [0.15, 0.2) is 72.0 Å². The van der Waals surface area contributed by atoms with Crippen LogP contribution in [0, 0.1) is 0 Å². The van der Waals surface area contributed by atoms with E-state index in [2.05, 4.69) is 9.98 Å². The van der Waals surface area contributed by atoms with Crippen molar-refractivity contribution >= 4 is 17.9 Å². The van der Waals surface area contributed by atoms with Crippen LogP contribution < -0.4 is 4.74 Å². The lowest BCUT2D eigenvalue weighted by molar-refractivity contribution is 0.0697. The summed E-state index contributed by atoms with van der Waals surface area (Å²) < 4.78 is 5.35. The average molecular weight is 360 g/mol. The number of rotatable bonds is 7. The SMILES string of the molecule is COc1ccc(C=Nc2ccc(C(=O)O)cc2)c(CCc2ccncc2)c1. The number of aliphatic imine (C=N–C) groups is 1. The summed E-state index contributed by atoms with van der Waals surface area (Å²) in [5, 5.41) is 8.97. The van der Waals surface area contributed by atoms with E-state index in [0.29, 0.717) is 5.69 Å². The Balaban J connectivity index is 1.80. The second-order valence-electron chi connectivity index (χ2n) is 6.03. The van der Waals surface area contributed by atoms with Gasteiger partial charge in [0, 0.05) is 18.6 Å². The van der Waals surface area contributed by atoms with Crippen LogP contribution in [0.5, 0.6) is 5.75 Å². The Kier molecular flexibility index (Phi) is 5.94. The van der Waals surface area contributed by atoms with Crippen LogP contribution in [0.1, 0.15) is 27.0 Å². The largest absolute Gasteiger partial charge is 0.497 e. The van der Waals surface area contributed by atoms with Crippen molar-refractivity contribution < 1.29 is 14.6 Å². The van der Waals surface area contributed by atoms with Gasteiger partial charge >= 0.3 is 5.97 Å². The van der Waals surface area contributed by atoms with Crippen molar-refractivity contribution in [3.8, 4) is 5.75 Å². The summed E-state index contributed by atoms with van der Waals surface area (Å²) in [6.45, 7) is 0. The quantitative estimate of drug-likeness (QED) is 0.637. The van der Waals surface area contributed by atoms with E-state index in [9.17, 15) is 4.79 Å². The Morgan fingerprint density at radius 3 is 2.48 bits per heavy atom. The van der Waals surface area contributed by atoms with Crippen LogP contribution >= 0.6 is 0 Å². The molecule has 0 fully saturated rings. The molecule has 0 aliphatic heterocycles. The van der Waals surface area contributed by atoms with Crippen LogP contribution in [-0.2, 0) is 12.8 Å². The average Bonchev–Trinajstić information content (AvgIpc) is 2.72. The van der Waals surface area contributed by atoms with E-state index in [1.807, 2.05) is 30.3 Å². The second kappa shape index (κ2) is 8.76. The van der Waals surface area contributed by atoms with Crippen LogP contribution in [0.4, 0.5) is 5.69 Å². The van der Waals surface area contributed by atoms with Gasteiger partial charge in [-0.15, -0.1) is 0 Å². The van der Waals surface area contributed by atoms with Crippen LogP contribution in [0.2, 0.25) is 0 Å². The maximum absolute atomic E-state index is 10.9. The fourth-order valence-corrected chi connectivity index (χ4v) is 2.71. The summed E-state index contributed by atoms with van der Waals surface area (Å²) in [5.41, 5.74) is 4.32. The van der Waals surface area contributed by atoms with Crippen molar-refractivity contribution in [3.63, 3.8) is 0 Å². The van der Waals surface area contributed by atoms with E-state index in [4.69, 9.17) is 9.84 Å². The number of carboxylic acid groups (broad SMARTS) is 1. The molecule has 0 saturated carbocycles. The lowest BCUT2D eigenvalue weighted by atomic mass is 10.0. The van der Waals surface area contributed by atoms with Gasteiger partial charge in [-0.1, -0.05) is 0 Å². The molecule has 0 unspecified atom stereocenters. The smallest absolute Gasteiger partial charge is 0.335 e. The van der Waals surface area contributed by atoms with Crippen molar-refractivity contribution in [1.82, 2.24) is 4.98 Å². The number of aryl methyl sites for hydroxylation is 2. The Bertz CT molecular complexity index is 936. The third kappa shape index (κ3) is 5.01. The number of aromatic nitrogens is 1. The minimum Gasteiger partial charge on any atom is -0.497 e. The third-order valence-electron chi connectivity index (χ3n) is 4.25. The van der Waals surface area contributed by atoms with Crippen molar-refractivity contribution in [3.05, 3.63) is 89.2 Å². The van der Waals surface area contributed by atoms with Crippen molar-refractivity contribution in [1.29, 1.82) is 0 Å². The molecule has 0 aliphatic rings. The molecule has 0 bridgehead atoms. The van der Waals surface area contributed by atoms with E-state index in [1.54, 1.807) is 50.0 Å². The summed E-state index contributed by atoms with van der Waals surface area (Å²) in [5.74, 6) is -0.137. The molecule has 3 aromatic rings. The summed E-state index contributed by atoms with van der Waals surface area (Å²) in [7, 11) is 1.65. The Morgan fingerprint density at radius 1 is 1.07 bits per heavy atom. The highest BCUT2D eigenvalue weighted by Gasteiger charge is 2.05. The molecule has 5 heteroatoms. The second-order valence-corrected chi connectivity index (χ2v) is 6.03. The first-order valence-electron chi connectivity index (χ1n) is 8.59. The van der Waals surface area contributed by atoms with E-state index < -0.39 is 5.97 Å². The van der Waals surface area contributed by atoms with Crippen molar-refractivity contribution in [2.75, 3.05) is 7.11 Å². The van der Waals surface area contributed by atoms with Crippen LogP contribution in [-0.4, -0.2) is 29.4 Å². The number of carbonyl (C=O) groups is 1. The van der Waals surface area contributed by atoms with E-state index in [1.165, 1.54) is 5.56 Å². The molecule has 0 atom stereocenters. The summed E-state index contributed by atoms with van der Waals surface area (Å²) >= 11 is 0. The molecule has 1 N–H and O–H groups in total. The molecule has 5 nitrogen and oxygen atoms in total. The highest BCUT2D eigenvalue weighted by Crippen LogP contribution is 2.20. The van der Waals surface area contributed by atoms with Crippen LogP contribution in [0.25, 0.3) is 0 Å². The van der Waals surface area contributed by atoms with Gasteiger partial charge < -0.3 is 9.84 Å². The molecule has 0 spiro atoms. The zero-order valence-corrected chi connectivity index (χ0v) is 15.0. The van der Waals surface area contributed by atoms with Gasteiger partial charge in [0.1, 0.15) is 5.75 Å². The molecule has 1 heterocycles. The Labute approximate surface area is 158 Å². The normalized spacial score (nSPS) is 10.9. The van der Waals surface area contributed by atoms with E-state index in [-0.39, 0.29) is 5.56 Å². The molecule has 0 saturated heterocycles. The lowest BCUT2D eigenvalue weighted by Crippen LogP contribution is -1.98. The minimum absolute atomic E-state index is 0.247. The van der Waals surface area contributed by atoms with E-state index >= 15 is 0 Å². The van der Waals surface area contributed by atoms with Gasteiger partial charge in [-0.2, -0.15) is 0 Å². The first kappa shape index (κ1) is 18.3. The number of methoxy groups -OCH3 is 1. The maximum Gasteiger partial charge on any atom is 0.335 e. The monoisotopic (exact) mass is 360 g/mol. The first-order valence-corrected chi connectivity index (χ1v) is 8.59. The van der Waals surface area contributed by atoms with Gasteiger partial charge in [0.25, 0.3) is 0 Å². The van der Waals surface area contributed by atoms with Crippen molar-refractivity contribution in [2.45, 2.75) is 12.8 Å². The number of aromatic carboxylic acids is 1. The zero-order valence-electron chi connectivity index (χ0n) is 15.0. The van der Waals surface area contributed by atoms with Crippen LogP contribution in [0.3, 0.4) is 0 Å². The van der Waals surface area contributed by atoms with Gasteiger partial charge in [0.2, 0.25) is 0 Å². The Morgan fingerprint density at radius 2 is 1.81 bits per heavy atom. The molecule has 136 valence electrons. The molecule has 0 amide bonds. The fourth-order valence-electron chi connectivity index (χ4n) is 2.71. The topological polar surface area (TPSA) is 71.8 Å². The number of hydrogen-bond acceptors (Lipinski definition) is 4. The first-order chi connectivity index (χ1) is 13.2. The van der Waals surface area contributed by atoms with Gasteiger partial charge in [-0.05, 0) is 84.1 Å². The molecular formula is C22H20N2O3. The predicted octanol–water partition coefficient (Wildman–Crippen LogP) is 4.32. The zero-order chi connectivity index (χ0) is 19.1. The lowest BCUT2D eigenvalue weighted by Gasteiger charge is -2.09. The molecular weight excluding hydrogens is 340 g/mol. The highest BCUT2D eigenvalue weighted by atomic mass is 16.5. The summed E-state index contributed by atoms with van der Waals surface area (Å²) in [6.07, 6.45) is 7.13. The number of benzene rings is 2. The predicted molar refractivity (Wildman–Crippen MR) is 105 cm³/mol. The van der Waals surface area contributed by atoms with Gasteiger partial charge in [-0.3, -0.25) is 9.98 Å². The molecule has 1 aromatic heterocycles. The summed E-state index contributed by atoms with van der Waals surface area (Å²) in [6, 6.07) is 16.4. The minimum atomic E-state index is -0.945. The highest BCUT2D eigenvalue weighted by molar-refractivity contribution is 5.88. The number of pyridine rings is 1. The summed E-state index contributed by atoms with van der Waals surface area (Å²) in [4.78, 5) is 19.5. The number of nitrogens with zero attached hydrogens (tertiary/aromatic N) is 2. The van der Waals surface area contributed by atoms with Gasteiger partial charge in [-0.25, -0.2) is 4.79 Å². The maximum atomic E-state index is 10.9. The Hall–Kier alpha value is -3.47. The number of hydrogen-bond donors (Lipinski definition) is 1. The third-order valence-corrected chi connectivity index (χ3v) is 4.25. The standard InChI is InChI=1S/C22H20N2O3/c1-27-21-9-6-19(15-24-20-7-4-17(5-8-20)22(25)26)18(14-21)3-2-16-10-12-23-13-11-16/h4-15H,2-3H2,1H3,(H,25,26). The van der Waals surface area contributed by atoms with Gasteiger partial charge in [0.05, 0.1) is 18.4 Å². The molecule has 2 aromatic carbocycles. The van der Waals surface area contributed by atoms with Gasteiger partial charge in [0.15, 0.2) is 0 Å². The molecule has 3 rings (SSSR count). The number of ether oxygens (including phenoxy) is 1. The fraction of sp³-hybridized carbons (Fsp3) is 0.136.